The SMILES string of the molecule is CC(=O)NN1CCN(C(=O)c2ccc(Nc3nccc(-c4ccc(Cl)cc4)n3)cc2)CC1. The van der Waals surface area contributed by atoms with Crippen LogP contribution in [0.4, 0.5) is 11.6 Å². The molecule has 8 nitrogen and oxygen atoms in total. The molecule has 2 amide bonds. The minimum absolute atomic E-state index is 0.0278. The fraction of sp³-hybridized carbons (Fsp3) is 0.217. The summed E-state index contributed by atoms with van der Waals surface area (Å²) in [7, 11) is 0. The minimum Gasteiger partial charge on any atom is -0.336 e. The first-order valence-corrected chi connectivity index (χ1v) is 10.6. The van der Waals surface area contributed by atoms with Gasteiger partial charge in [-0.1, -0.05) is 23.7 Å². The highest BCUT2D eigenvalue weighted by atomic mass is 35.5. The third-order valence-corrected chi connectivity index (χ3v) is 5.32. The van der Waals surface area contributed by atoms with E-state index in [4.69, 9.17) is 11.6 Å². The third kappa shape index (κ3) is 5.40. The zero-order chi connectivity index (χ0) is 22.5. The van der Waals surface area contributed by atoms with Gasteiger partial charge in [0.25, 0.3) is 5.91 Å². The molecule has 1 saturated heterocycles. The van der Waals surface area contributed by atoms with Crippen LogP contribution in [-0.4, -0.2) is 57.9 Å². The molecule has 0 spiro atoms. The van der Waals surface area contributed by atoms with Gasteiger partial charge in [0.2, 0.25) is 11.9 Å². The van der Waals surface area contributed by atoms with E-state index in [1.165, 1.54) is 6.92 Å². The average molecular weight is 451 g/mol. The fourth-order valence-corrected chi connectivity index (χ4v) is 3.58. The Balaban J connectivity index is 1.38. The summed E-state index contributed by atoms with van der Waals surface area (Å²) in [4.78, 5) is 34.6. The standard InChI is InChI=1S/C23H23ClN6O2/c1-16(31)28-30-14-12-29(13-15-30)22(32)18-4-8-20(9-5-18)26-23-25-11-10-21(27-23)17-2-6-19(24)7-3-17/h2-11H,12-15H2,1H3,(H,28,31)(H,25,26,27). The topological polar surface area (TPSA) is 90.5 Å². The van der Waals surface area contributed by atoms with Gasteiger partial charge in [0, 0.05) is 61.1 Å². The van der Waals surface area contributed by atoms with Crippen molar-refractivity contribution in [1.82, 2.24) is 25.3 Å². The normalized spacial score (nSPS) is 14.1. The van der Waals surface area contributed by atoms with E-state index in [9.17, 15) is 9.59 Å². The molecule has 164 valence electrons. The number of hydrogen-bond donors (Lipinski definition) is 2. The van der Waals surface area contributed by atoms with E-state index in [1.807, 2.05) is 47.5 Å². The van der Waals surface area contributed by atoms with Crippen molar-refractivity contribution in [3.05, 3.63) is 71.4 Å². The molecule has 2 aromatic carbocycles. The van der Waals surface area contributed by atoms with E-state index < -0.39 is 0 Å². The van der Waals surface area contributed by atoms with Gasteiger partial charge in [0.05, 0.1) is 5.69 Å². The predicted molar refractivity (Wildman–Crippen MR) is 123 cm³/mol. The van der Waals surface area contributed by atoms with Gasteiger partial charge in [-0.3, -0.25) is 15.0 Å². The van der Waals surface area contributed by atoms with Gasteiger partial charge >= 0.3 is 0 Å². The lowest BCUT2D eigenvalue weighted by atomic mass is 10.1. The molecule has 32 heavy (non-hydrogen) atoms. The van der Waals surface area contributed by atoms with E-state index >= 15 is 0 Å². The van der Waals surface area contributed by atoms with Crippen molar-refractivity contribution in [2.45, 2.75) is 6.92 Å². The van der Waals surface area contributed by atoms with Crippen molar-refractivity contribution in [2.24, 2.45) is 0 Å². The molecular formula is C23H23ClN6O2. The molecular weight excluding hydrogens is 428 g/mol. The molecule has 0 saturated carbocycles. The summed E-state index contributed by atoms with van der Waals surface area (Å²) in [6.45, 7) is 3.81. The zero-order valence-electron chi connectivity index (χ0n) is 17.6. The smallest absolute Gasteiger partial charge is 0.253 e. The molecule has 3 aromatic rings. The van der Waals surface area contributed by atoms with Gasteiger partial charge in [0.15, 0.2) is 0 Å². The predicted octanol–water partition coefficient (Wildman–Crippen LogP) is 3.35. The molecule has 0 radical (unpaired) electrons. The Morgan fingerprint density at radius 3 is 2.28 bits per heavy atom. The second-order valence-corrected chi connectivity index (χ2v) is 7.86. The molecule has 0 unspecified atom stereocenters. The number of piperazine rings is 1. The Morgan fingerprint density at radius 2 is 1.62 bits per heavy atom. The monoisotopic (exact) mass is 450 g/mol. The summed E-state index contributed by atoms with van der Waals surface area (Å²) < 4.78 is 0. The number of rotatable bonds is 5. The lowest BCUT2D eigenvalue weighted by Crippen LogP contribution is -2.54. The van der Waals surface area contributed by atoms with Crippen LogP contribution in [0.5, 0.6) is 0 Å². The van der Waals surface area contributed by atoms with Gasteiger partial charge in [-0.25, -0.2) is 15.0 Å². The van der Waals surface area contributed by atoms with E-state index in [1.54, 1.807) is 23.2 Å². The number of nitrogens with zero attached hydrogens (tertiary/aromatic N) is 4. The highest BCUT2D eigenvalue weighted by molar-refractivity contribution is 6.30. The maximum atomic E-state index is 12.8. The number of halogens is 1. The Kier molecular flexibility index (Phi) is 6.63. The van der Waals surface area contributed by atoms with Crippen molar-refractivity contribution >= 4 is 35.1 Å². The van der Waals surface area contributed by atoms with Crippen LogP contribution < -0.4 is 10.7 Å². The number of aromatic nitrogens is 2. The maximum Gasteiger partial charge on any atom is 0.253 e. The summed E-state index contributed by atoms with van der Waals surface area (Å²) in [5.74, 6) is 0.334. The van der Waals surface area contributed by atoms with Crippen LogP contribution in [0.25, 0.3) is 11.3 Å². The number of hydrogen-bond acceptors (Lipinski definition) is 6. The van der Waals surface area contributed by atoms with Crippen LogP contribution >= 0.6 is 11.6 Å². The summed E-state index contributed by atoms with van der Waals surface area (Å²) in [6, 6.07) is 16.5. The number of carbonyl (C=O) groups is 2. The quantitative estimate of drug-likeness (QED) is 0.619. The highest BCUT2D eigenvalue weighted by Crippen LogP contribution is 2.22. The maximum absolute atomic E-state index is 12.8. The molecule has 2 heterocycles. The Labute approximate surface area is 191 Å². The third-order valence-electron chi connectivity index (χ3n) is 5.07. The number of hydrazine groups is 1. The van der Waals surface area contributed by atoms with Gasteiger partial charge in [-0.2, -0.15) is 0 Å². The number of carbonyl (C=O) groups excluding carboxylic acids is 2. The van der Waals surface area contributed by atoms with Crippen molar-refractivity contribution < 1.29 is 9.59 Å². The zero-order valence-corrected chi connectivity index (χ0v) is 18.3. The second-order valence-electron chi connectivity index (χ2n) is 7.42. The minimum atomic E-state index is -0.101. The number of benzene rings is 2. The number of anilines is 2. The number of amides is 2. The van der Waals surface area contributed by atoms with E-state index in [-0.39, 0.29) is 11.8 Å². The highest BCUT2D eigenvalue weighted by Gasteiger charge is 2.22. The molecule has 1 aliphatic rings. The van der Waals surface area contributed by atoms with Crippen LogP contribution in [0.15, 0.2) is 60.8 Å². The van der Waals surface area contributed by atoms with Crippen LogP contribution in [-0.2, 0) is 4.79 Å². The Bertz CT molecular complexity index is 1100. The lowest BCUT2D eigenvalue weighted by molar-refractivity contribution is -0.124. The van der Waals surface area contributed by atoms with Crippen LogP contribution in [0, 0.1) is 0 Å². The fourth-order valence-electron chi connectivity index (χ4n) is 3.45. The van der Waals surface area contributed by atoms with Gasteiger partial charge in [-0.05, 0) is 42.5 Å². The van der Waals surface area contributed by atoms with E-state index in [0.29, 0.717) is 42.7 Å². The van der Waals surface area contributed by atoms with E-state index in [0.717, 1.165) is 16.9 Å². The molecule has 0 bridgehead atoms. The number of nitrogens with one attached hydrogen (secondary N) is 2. The van der Waals surface area contributed by atoms with Crippen LogP contribution in [0.2, 0.25) is 5.02 Å². The second kappa shape index (κ2) is 9.76. The van der Waals surface area contributed by atoms with Crippen molar-refractivity contribution in [1.29, 1.82) is 0 Å². The Hall–Kier alpha value is -3.49. The largest absolute Gasteiger partial charge is 0.336 e. The molecule has 0 aliphatic carbocycles. The molecule has 1 aliphatic heterocycles. The van der Waals surface area contributed by atoms with Crippen LogP contribution in [0.3, 0.4) is 0 Å². The summed E-state index contributed by atoms with van der Waals surface area (Å²) >= 11 is 5.96. The summed E-state index contributed by atoms with van der Waals surface area (Å²) in [5, 5.41) is 5.68. The molecule has 4 rings (SSSR count). The van der Waals surface area contributed by atoms with Gasteiger partial charge < -0.3 is 10.2 Å². The molecule has 1 aromatic heterocycles. The molecule has 2 N–H and O–H groups in total. The van der Waals surface area contributed by atoms with Crippen molar-refractivity contribution in [3.63, 3.8) is 0 Å². The Morgan fingerprint density at radius 1 is 0.938 bits per heavy atom. The first kappa shape index (κ1) is 21.7. The van der Waals surface area contributed by atoms with Gasteiger partial charge in [-0.15, -0.1) is 0 Å². The first-order valence-electron chi connectivity index (χ1n) is 10.3. The lowest BCUT2D eigenvalue weighted by Gasteiger charge is -2.34. The van der Waals surface area contributed by atoms with E-state index in [2.05, 4.69) is 20.7 Å². The average Bonchev–Trinajstić information content (AvgIpc) is 2.80. The summed E-state index contributed by atoms with van der Waals surface area (Å²) in [6.07, 6.45) is 1.69. The van der Waals surface area contributed by atoms with Crippen molar-refractivity contribution in [2.75, 3.05) is 31.5 Å². The summed E-state index contributed by atoms with van der Waals surface area (Å²) in [5.41, 5.74) is 5.88. The van der Waals surface area contributed by atoms with Crippen LogP contribution in [0.1, 0.15) is 17.3 Å². The molecule has 1 fully saturated rings. The molecule has 9 heteroatoms. The van der Waals surface area contributed by atoms with Crippen molar-refractivity contribution in [3.8, 4) is 11.3 Å². The first-order chi connectivity index (χ1) is 15.5. The molecule has 0 atom stereocenters. The van der Waals surface area contributed by atoms with Gasteiger partial charge in [0.1, 0.15) is 0 Å².